The minimum absolute atomic E-state index is 0. The van der Waals surface area contributed by atoms with Gasteiger partial charge in [0.15, 0.2) is 0 Å². The van der Waals surface area contributed by atoms with Crippen LogP contribution >= 0.6 is 24.8 Å². The molecule has 0 aliphatic heterocycles. The molecule has 0 bridgehead atoms. The number of hydrogen-bond donors (Lipinski definition) is 0. The topological polar surface area (TPSA) is 0 Å². The third-order valence-corrected chi connectivity index (χ3v) is 37.9. The molecule has 4 aromatic rings. The van der Waals surface area contributed by atoms with Crippen LogP contribution in [0, 0.1) is 11.8 Å². The molecule has 4 aromatic carbocycles. The van der Waals surface area contributed by atoms with E-state index in [1.54, 1.807) is 22.3 Å². The Morgan fingerprint density at radius 3 is 1.30 bits per heavy atom. The fourth-order valence-electron chi connectivity index (χ4n) is 11.9. The van der Waals surface area contributed by atoms with Gasteiger partial charge in [0.1, 0.15) is 0 Å². The van der Waals surface area contributed by atoms with Crippen LogP contribution in [0.1, 0.15) is 132 Å². The standard InChI is InChI=1S/2C23H25.C3H7.CH3.2ClH.H2Si.Zr/c2*1-2-17-10-12-20(13-11-17)22-9-5-8-21-15-19(16-23(21)22)14-18-6-3-4-7-18;1-3-2;;;;;/h2*5,8-13,15-16,18H,2-4,6-7,14H2,1H3;1,3H2,2H3;1H3;2*1H;1H2;. The molecule has 4 aliphatic carbocycles. The molecule has 0 amide bonds. The van der Waals surface area contributed by atoms with Crippen LogP contribution in [-0.2, 0) is 30.2 Å². The van der Waals surface area contributed by atoms with Crippen molar-refractivity contribution in [2.75, 3.05) is 0 Å². The second kappa shape index (κ2) is 17.3. The van der Waals surface area contributed by atoms with Crippen molar-refractivity contribution in [3.63, 3.8) is 0 Å². The van der Waals surface area contributed by atoms with Gasteiger partial charge < -0.3 is 0 Å². The molecule has 2 fully saturated rings. The molecular formula is C50H64Cl2SiZr. The van der Waals surface area contributed by atoms with E-state index in [1.165, 1.54) is 108 Å². The number of fused-ring (bicyclic) bond motifs is 2. The van der Waals surface area contributed by atoms with Crippen molar-refractivity contribution < 1.29 is 17.4 Å². The molecule has 8 rings (SSSR count). The van der Waals surface area contributed by atoms with Crippen LogP contribution in [-0.4, -0.2) is 6.88 Å². The third kappa shape index (κ3) is 7.70. The Hall–Kier alpha value is -1.96. The summed E-state index contributed by atoms with van der Waals surface area (Å²) < 4.78 is 5.59. The maximum Gasteiger partial charge on any atom is -0.147 e. The summed E-state index contributed by atoms with van der Waals surface area (Å²) in [5.74, 6) is 1.70. The van der Waals surface area contributed by atoms with Crippen molar-refractivity contribution in [3.8, 4) is 22.3 Å². The molecule has 54 heavy (non-hydrogen) atoms. The molecule has 0 nitrogen and oxygen atoms in total. The fourth-order valence-corrected chi connectivity index (χ4v) is 37.7. The van der Waals surface area contributed by atoms with E-state index in [9.17, 15) is 0 Å². The summed E-state index contributed by atoms with van der Waals surface area (Å²) in [6, 6.07) is 33.9. The predicted molar refractivity (Wildman–Crippen MR) is 241 cm³/mol. The van der Waals surface area contributed by atoms with Crippen LogP contribution in [0.5, 0.6) is 0 Å². The molecule has 0 spiro atoms. The van der Waals surface area contributed by atoms with Crippen LogP contribution in [0.15, 0.2) is 96.1 Å². The summed E-state index contributed by atoms with van der Waals surface area (Å²) in [6.07, 6.45) is 22.9. The van der Waals surface area contributed by atoms with Crippen molar-refractivity contribution in [1.29, 1.82) is 0 Å². The summed E-state index contributed by atoms with van der Waals surface area (Å²) in [7, 11) is 0. The summed E-state index contributed by atoms with van der Waals surface area (Å²) in [4.78, 5) is 0. The molecule has 2 atom stereocenters. The molecule has 4 aliphatic rings. The van der Waals surface area contributed by atoms with Crippen molar-refractivity contribution in [2.24, 2.45) is 11.8 Å². The second-order valence-electron chi connectivity index (χ2n) is 18.0. The number of aryl methyl sites for hydroxylation is 2. The SMILES string of the molecule is CC[CH2][Zr]([CH3])(=[SiH2])([CH]1C(CC2CCCC2)=Cc2c(-c3ccc(CC)cc3)cccc21)[CH]1C(CC2CCCC2)=Cc2c(-c3ccc(CC)cc3)cccc21.Cl.Cl. The van der Waals surface area contributed by atoms with E-state index >= 15 is 0 Å². The van der Waals surface area contributed by atoms with Gasteiger partial charge in [0.25, 0.3) is 0 Å². The van der Waals surface area contributed by atoms with Crippen LogP contribution in [0.2, 0.25) is 8.76 Å². The predicted octanol–water partition coefficient (Wildman–Crippen LogP) is 14.8. The van der Waals surface area contributed by atoms with Gasteiger partial charge in [-0.1, -0.05) is 0 Å². The Morgan fingerprint density at radius 2 is 0.944 bits per heavy atom. The van der Waals surface area contributed by atoms with Gasteiger partial charge >= 0.3 is 320 Å². The average Bonchev–Trinajstić information content (AvgIpc) is 3.99. The summed E-state index contributed by atoms with van der Waals surface area (Å²) >= 11 is -3.88. The average molecular weight is 855 g/mol. The number of benzene rings is 4. The fraction of sp³-hybridized carbons (Fsp3) is 0.440. The van der Waals surface area contributed by atoms with Crippen LogP contribution < -0.4 is 0 Å². The summed E-state index contributed by atoms with van der Waals surface area (Å²) in [5, 5.41) is 0. The molecule has 286 valence electrons. The van der Waals surface area contributed by atoms with E-state index in [-0.39, 0.29) is 24.8 Å². The van der Waals surface area contributed by atoms with Gasteiger partial charge in [-0.25, -0.2) is 0 Å². The van der Waals surface area contributed by atoms with Crippen LogP contribution in [0.3, 0.4) is 0 Å². The van der Waals surface area contributed by atoms with Gasteiger partial charge in [0, 0.05) is 0 Å². The zero-order valence-corrected chi connectivity index (χ0v) is 39.0. The Morgan fingerprint density at radius 1 is 0.556 bits per heavy atom. The number of halogens is 2. The van der Waals surface area contributed by atoms with Crippen LogP contribution in [0.25, 0.3) is 34.4 Å². The van der Waals surface area contributed by atoms with E-state index in [2.05, 4.69) is 129 Å². The summed E-state index contributed by atoms with van der Waals surface area (Å²) in [5.41, 5.74) is 18.6. The first-order chi connectivity index (χ1) is 25.3. The first-order valence-corrected chi connectivity index (χ1v) is 34.2. The van der Waals surface area contributed by atoms with Gasteiger partial charge in [-0.3, -0.25) is 0 Å². The third-order valence-electron chi connectivity index (χ3n) is 14.3. The van der Waals surface area contributed by atoms with Crippen LogP contribution in [0.4, 0.5) is 0 Å². The van der Waals surface area contributed by atoms with Crippen molar-refractivity contribution in [3.05, 3.63) is 129 Å². The normalized spacial score (nSPS) is 19.9. The van der Waals surface area contributed by atoms with Gasteiger partial charge in [-0.2, -0.15) is 0 Å². The number of hydrogen-bond acceptors (Lipinski definition) is 0. The molecule has 0 aromatic heterocycles. The minimum atomic E-state index is -3.88. The van der Waals surface area contributed by atoms with E-state index in [0.29, 0.717) is 7.25 Å². The molecule has 2 saturated carbocycles. The number of rotatable bonds is 12. The Balaban J connectivity index is 0.00000249. The van der Waals surface area contributed by atoms with Crippen molar-refractivity contribution in [2.45, 2.75) is 120 Å². The van der Waals surface area contributed by atoms with Gasteiger partial charge in [0.05, 0.1) is 0 Å². The maximum absolute atomic E-state index is 3.88. The quantitative estimate of drug-likeness (QED) is 0.125. The van der Waals surface area contributed by atoms with Gasteiger partial charge in [-0.05, 0) is 0 Å². The first kappa shape index (κ1) is 41.7. The van der Waals surface area contributed by atoms with Gasteiger partial charge in [-0.15, -0.1) is 24.8 Å². The number of allylic oxidation sites excluding steroid dienone is 2. The smallest absolute Gasteiger partial charge is 0.147 e. The Bertz CT molecular complexity index is 1920. The molecule has 4 heteroatoms. The van der Waals surface area contributed by atoms with E-state index in [0.717, 1.165) is 24.7 Å². The summed E-state index contributed by atoms with van der Waals surface area (Å²) in [6.45, 7) is 9.68. The van der Waals surface area contributed by atoms with Crippen molar-refractivity contribution in [1.82, 2.24) is 0 Å². The Labute approximate surface area is 342 Å². The van der Waals surface area contributed by atoms with Gasteiger partial charge in [0.2, 0.25) is 0 Å². The Kier molecular flexibility index (Phi) is 13.3. The second-order valence-corrected chi connectivity index (χ2v) is 46.4. The van der Waals surface area contributed by atoms with Crippen molar-refractivity contribution >= 4 is 43.8 Å². The molecule has 0 radical (unpaired) electrons. The first-order valence-electron chi connectivity index (χ1n) is 21.2. The largest absolute Gasteiger partial charge is 0.147 e. The zero-order valence-electron chi connectivity index (χ0n) is 33.5. The molecular weight excluding hydrogens is 791 g/mol. The maximum atomic E-state index is 2.97. The molecule has 0 N–H and O–H groups in total. The van der Waals surface area contributed by atoms with E-state index < -0.39 is 17.4 Å². The molecule has 2 unspecified atom stereocenters. The molecule has 0 heterocycles. The minimum Gasteiger partial charge on any atom is -0.147 e. The zero-order chi connectivity index (χ0) is 35.9. The monoisotopic (exact) mass is 852 g/mol. The van der Waals surface area contributed by atoms with E-state index in [1.807, 2.05) is 11.1 Å². The molecule has 0 saturated heterocycles. The van der Waals surface area contributed by atoms with E-state index in [4.69, 9.17) is 0 Å².